The van der Waals surface area contributed by atoms with Gasteiger partial charge in [-0.25, -0.2) is 0 Å². The summed E-state index contributed by atoms with van der Waals surface area (Å²) < 4.78 is 0. The van der Waals surface area contributed by atoms with Crippen LogP contribution in [0.15, 0.2) is 42.5 Å². The predicted octanol–water partition coefficient (Wildman–Crippen LogP) is 4.20. The molecule has 0 saturated heterocycles. The van der Waals surface area contributed by atoms with E-state index in [1.54, 1.807) is 0 Å². The zero-order valence-electron chi connectivity index (χ0n) is 10.8. The topological polar surface area (TPSA) is 26.0 Å². The molecule has 2 N–H and O–H groups in total. The van der Waals surface area contributed by atoms with Gasteiger partial charge in [-0.3, -0.25) is 0 Å². The van der Waals surface area contributed by atoms with E-state index in [1.165, 1.54) is 16.7 Å². The Hall–Kier alpha value is -1.31. The lowest BCUT2D eigenvalue weighted by molar-refractivity contribution is 0.716. The van der Waals surface area contributed by atoms with E-state index in [0.29, 0.717) is 0 Å². The summed E-state index contributed by atoms with van der Waals surface area (Å²) in [4.78, 5) is 0. The average Bonchev–Trinajstić information content (AvgIpc) is 2.28. The molecule has 2 rings (SSSR count). The molecular formula is C16H18ClN. The highest BCUT2D eigenvalue weighted by Gasteiger charge is 2.10. The third kappa shape index (κ3) is 3.12. The van der Waals surface area contributed by atoms with Gasteiger partial charge in [0.1, 0.15) is 0 Å². The normalized spacial score (nSPS) is 12.4. The minimum atomic E-state index is 0.0177. The molecule has 1 atom stereocenters. The van der Waals surface area contributed by atoms with Gasteiger partial charge in [0.05, 0.1) is 0 Å². The van der Waals surface area contributed by atoms with E-state index in [1.807, 2.05) is 18.2 Å². The highest BCUT2D eigenvalue weighted by atomic mass is 35.5. The molecule has 0 amide bonds. The van der Waals surface area contributed by atoms with Gasteiger partial charge in [0.15, 0.2) is 0 Å². The van der Waals surface area contributed by atoms with E-state index < -0.39 is 0 Å². The molecule has 0 aliphatic heterocycles. The van der Waals surface area contributed by atoms with Crippen molar-refractivity contribution in [2.75, 3.05) is 0 Å². The number of benzene rings is 2. The molecule has 18 heavy (non-hydrogen) atoms. The van der Waals surface area contributed by atoms with Crippen LogP contribution in [0.1, 0.15) is 28.3 Å². The van der Waals surface area contributed by atoms with Crippen molar-refractivity contribution in [2.24, 2.45) is 5.73 Å². The highest BCUT2D eigenvalue weighted by molar-refractivity contribution is 6.30. The Morgan fingerprint density at radius 2 is 1.89 bits per heavy atom. The van der Waals surface area contributed by atoms with Crippen LogP contribution in [0.2, 0.25) is 5.02 Å². The standard InChI is InChI=1S/C16H18ClN/c1-11-4-3-5-13(8-11)10-16(18)15-7-6-14(17)9-12(15)2/h3-9,16H,10,18H2,1-2H3. The van der Waals surface area contributed by atoms with E-state index in [2.05, 4.69) is 38.1 Å². The molecule has 0 bridgehead atoms. The van der Waals surface area contributed by atoms with Crippen LogP contribution in [0.5, 0.6) is 0 Å². The first-order valence-electron chi connectivity index (χ1n) is 6.13. The minimum Gasteiger partial charge on any atom is -0.324 e. The number of halogens is 1. The molecule has 1 unspecified atom stereocenters. The second-order valence-corrected chi connectivity index (χ2v) is 5.24. The molecule has 2 aromatic rings. The van der Waals surface area contributed by atoms with Gasteiger partial charge in [-0.2, -0.15) is 0 Å². The lowest BCUT2D eigenvalue weighted by Gasteiger charge is -2.15. The first-order valence-corrected chi connectivity index (χ1v) is 6.51. The Morgan fingerprint density at radius 1 is 1.11 bits per heavy atom. The zero-order chi connectivity index (χ0) is 13.1. The van der Waals surface area contributed by atoms with Crippen molar-refractivity contribution >= 4 is 11.6 Å². The third-order valence-electron chi connectivity index (χ3n) is 3.17. The highest BCUT2D eigenvalue weighted by Crippen LogP contribution is 2.23. The van der Waals surface area contributed by atoms with Gasteiger partial charge in [-0.15, -0.1) is 0 Å². The largest absolute Gasteiger partial charge is 0.324 e. The van der Waals surface area contributed by atoms with Gasteiger partial charge in [-0.1, -0.05) is 47.5 Å². The maximum Gasteiger partial charge on any atom is 0.0408 e. The second kappa shape index (κ2) is 5.55. The molecule has 94 valence electrons. The Kier molecular flexibility index (Phi) is 4.05. The Balaban J connectivity index is 2.19. The van der Waals surface area contributed by atoms with E-state index in [9.17, 15) is 0 Å². The van der Waals surface area contributed by atoms with Crippen molar-refractivity contribution in [3.8, 4) is 0 Å². The third-order valence-corrected chi connectivity index (χ3v) is 3.40. The van der Waals surface area contributed by atoms with Gasteiger partial charge >= 0.3 is 0 Å². The summed E-state index contributed by atoms with van der Waals surface area (Å²) in [5, 5.41) is 0.763. The molecule has 1 nitrogen and oxygen atoms in total. The van der Waals surface area contributed by atoms with Crippen LogP contribution >= 0.6 is 11.6 Å². The van der Waals surface area contributed by atoms with Crippen LogP contribution in [-0.2, 0) is 6.42 Å². The number of hydrogen-bond donors (Lipinski definition) is 1. The fourth-order valence-corrected chi connectivity index (χ4v) is 2.48. The SMILES string of the molecule is Cc1cccc(CC(N)c2ccc(Cl)cc2C)c1. The number of hydrogen-bond acceptors (Lipinski definition) is 1. The molecule has 0 spiro atoms. The quantitative estimate of drug-likeness (QED) is 0.878. The first-order chi connectivity index (χ1) is 8.56. The molecule has 0 aliphatic carbocycles. The summed E-state index contributed by atoms with van der Waals surface area (Å²) in [7, 11) is 0. The molecule has 0 heterocycles. The Morgan fingerprint density at radius 3 is 2.56 bits per heavy atom. The van der Waals surface area contributed by atoms with Crippen molar-refractivity contribution in [3.63, 3.8) is 0 Å². The van der Waals surface area contributed by atoms with E-state index >= 15 is 0 Å². The molecule has 2 heteroatoms. The maximum atomic E-state index is 6.28. The summed E-state index contributed by atoms with van der Waals surface area (Å²) in [5.41, 5.74) is 11.2. The van der Waals surface area contributed by atoms with Gasteiger partial charge < -0.3 is 5.73 Å². The number of aryl methyl sites for hydroxylation is 2. The monoisotopic (exact) mass is 259 g/mol. The summed E-state index contributed by atoms with van der Waals surface area (Å²) in [6.07, 6.45) is 0.851. The van der Waals surface area contributed by atoms with Crippen molar-refractivity contribution in [2.45, 2.75) is 26.3 Å². The number of nitrogens with two attached hydrogens (primary N) is 1. The van der Waals surface area contributed by atoms with Crippen molar-refractivity contribution < 1.29 is 0 Å². The van der Waals surface area contributed by atoms with Crippen molar-refractivity contribution in [1.82, 2.24) is 0 Å². The second-order valence-electron chi connectivity index (χ2n) is 4.80. The summed E-state index contributed by atoms with van der Waals surface area (Å²) in [6.45, 7) is 4.15. The molecule has 0 aromatic heterocycles. The average molecular weight is 260 g/mol. The van der Waals surface area contributed by atoms with Gasteiger partial charge in [0.25, 0.3) is 0 Å². The van der Waals surface area contributed by atoms with E-state index in [4.69, 9.17) is 17.3 Å². The number of rotatable bonds is 3. The maximum absolute atomic E-state index is 6.28. The molecule has 0 aliphatic rings. The fourth-order valence-electron chi connectivity index (χ4n) is 2.26. The van der Waals surface area contributed by atoms with E-state index in [-0.39, 0.29) is 6.04 Å². The van der Waals surface area contributed by atoms with Crippen molar-refractivity contribution in [3.05, 3.63) is 69.7 Å². The lowest BCUT2D eigenvalue weighted by Crippen LogP contribution is -2.14. The molecule has 0 saturated carbocycles. The van der Waals surface area contributed by atoms with Crippen LogP contribution < -0.4 is 5.73 Å². The van der Waals surface area contributed by atoms with Crippen LogP contribution in [0.25, 0.3) is 0 Å². The van der Waals surface area contributed by atoms with Crippen LogP contribution in [0.3, 0.4) is 0 Å². The van der Waals surface area contributed by atoms with Crippen LogP contribution in [0.4, 0.5) is 0 Å². The Labute approximate surface area is 114 Å². The summed E-state index contributed by atoms with van der Waals surface area (Å²) in [6, 6.07) is 14.4. The van der Waals surface area contributed by atoms with E-state index in [0.717, 1.165) is 17.0 Å². The molecular weight excluding hydrogens is 242 g/mol. The zero-order valence-corrected chi connectivity index (χ0v) is 11.5. The van der Waals surface area contributed by atoms with Crippen LogP contribution in [-0.4, -0.2) is 0 Å². The van der Waals surface area contributed by atoms with Crippen molar-refractivity contribution in [1.29, 1.82) is 0 Å². The smallest absolute Gasteiger partial charge is 0.0408 e. The Bertz CT molecular complexity index is 549. The molecule has 0 fully saturated rings. The first kappa shape index (κ1) is 13.1. The summed E-state index contributed by atoms with van der Waals surface area (Å²) >= 11 is 5.96. The van der Waals surface area contributed by atoms with Gasteiger partial charge in [-0.05, 0) is 49.1 Å². The fraction of sp³-hybridized carbons (Fsp3) is 0.250. The van der Waals surface area contributed by atoms with Gasteiger partial charge in [0, 0.05) is 11.1 Å². The summed E-state index contributed by atoms with van der Waals surface area (Å²) in [5.74, 6) is 0. The minimum absolute atomic E-state index is 0.0177. The van der Waals surface area contributed by atoms with Crippen LogP contribution in [0, 0.1) is 13.8 Å². The van der Waals surface area contributed by atoms with Gasteiger partial charge in [0.2, 0.25) is 0 Å². The molecule has 2 aromatic carbocycles. The lowest BCUT2D eigenvalue weighted by atomic mass is 9.95. The molecule has 0 radical (unpaired) electrons. The predicted molar refractivity (Wildman–Crippen MR) is 78.0 cm³/mol.